The minimum absolute atomic E-state index is 0.0431. The molecule has 0 heterocycles. The van der Waals surface area contributed by atoms with Crippen LogP contribution >= 0.6 is 0 Å². The number of sulfonamides is 1. The fourth-order valence-corrected chi connectivity index (χ4v) is 4.14. The van der Waals surface area contributed by atoms with Crippen LogP contribution in [0, 0.1) is 0 Å². The van der Waals surface area contributed by atoms with E-state index in [4.69, 9.17) is 4.74 Å². The molecule has 32 heavy (non-hydrogen) atoms. The van der Waals surface area contributed by atoms with E-state index in [2.05, 4.69) is 10.0 Å². The molecule has 8 heteroatoms. The van der Waals surface area contributed by atoms with Gasteiger partial charge in [-0.1, -0.05) is 42.5 Å². The van der Waals surface area contributed by atoms with Crippen LogP contribution in [0.2, 0.25) is 0 Å². The van der Waals surface area contributed by atoms with Crippen LogP contribution in [0.5, 0.6) is 0 Å². The summed E-state index contributed by atoms with van der Waals surface area (Å²) in [6, 6.07) is 21.0. The van der Waals surface area contributed by atoms with Gasteiger partial charge >= 0.3 is 5.97 Å². The van der Waals surface area contributed by atoms with Crippen LogP contribution in [0.15, 0.2) is 83.8 Å². The number of anilines is 1. The van der Waals surface area contributed by atoms with Gasteiger partial charge in [-0.3, -0.25) is 9.52 Å². The molecule has 1 atom stereocenters. The first-order valence-corrected chi connectivity index (χ1v) is 11.5. The molecule has 3 aromatic rings. The lowest BCUT2D eigenvalue weighted by Crippen LogP contribution is -2.28. The van der Waals surface area contributed by atoms with Crippen molar-refractivity contribution in [3.8, 4) is 0 Å². The Labute approximate surface area is 187 Å². The summed E-state index contributed by atoms with van der Waals surface area (Å²) in [5.41, 5.74) is 1.53. The number of nitrogens with one attached hydrogen (secondary N) is 2. The van der Waals surface area contributed by atoms with Gasteiger partial charge in [0.2, 0.25) is 0 Å². The molecule has 0 aliphatic rings. The van der Waals surface area contributed by atoms with Crippen LogP contribution in [-0.4, -0.2) is 26.9 Å². The second kappa shape index (κ2) is 10.1. The Balaban J connectivity index is 1.79. The van der Waals surface area contributed by atoms with Crippen LogP contribution < -0.4 is 10.0 Å². The first-order valence-electron chi connectivity index (χ1n) is 10.1. The van der Waals surface area contributed by atoms with Gasteiger partial charge in [0.15, 0.2) is 0 Å². The Hall–Kier alpha value is -3.65. The molecule has 0 aliphatic carbocycles. The molecule has 1 unspecified atom stereocenters. The van der Waals surface area contributed by atoms with E-state index in [1.54, 1.807) is 25.1 Å². The lowest BCUT2D eigenvalue weighted by atomic mass is 10.1. The zero-order valence-corrected chi connectivity index (χ0v) is 18.6. The molecule has 0 bridgehead atoms. The van der Waals surface area contributed by atoms with Crippen molar-refractivity contribution in [3.63, 3.8) is 0 Å². The normalized spacial score (nSPS) is 11.9. The highest BCUT2D eigenvalue weighted by atomic mass is 32.2. The average molecular weight is 453 g/mol. The topological polar surface area (TPSA) is 102 Å². The maximum atomic E-state index is 12.9. The van der Waals surface area contributed by atoms with Crippen LogP contribution in [0.4, 0.5) is 5.69 Å². The summed E-state index contributed by atoms with van der Waals surface area (Å²) >= 11 is 0. The fourth-order valence-electron chi connectivity index (χ4n) is 3.06. The molecule has 0 spiro atoms. The van der Waals surface area contributed by atoms with E-state index < -0.39 is 21.9 Å². The van der Waals surface area contributed by atoms with Crippen molar-refractivity contribution in [2.45, 2.75) is 24.8 Å². The van der Waals surface area contributed by atoms with Crippen molar-refractivity contribution in [2.75, 3.05) is 11.3 Å². The summed E-state index contributed by atoms with van der Waals surface area (Å²) < 4.78 is 33.1. The average Bonchev–Trinajstić information content (AvgIpc) is 2.80. The van der Waals surface area contributed by atoms with Gasteiger partial charge in [0, 0.05) is 0 Å². The molecular formula is C24H24N2O5S. The number of amides is 1. The Morgan fingerprint density at radius 2 is 1.53 bits per heavy atom. The zero-order valence-electron chi connectivity index (χ0n) is 17.7. The van der Waals surface area contributed by atoms with E-state index in [0.717, 1.165) is 5.56 Å². The van der Waals surface area contributed by atoms with Gasteiger partial charge in [-0.2, -0.15) is 0 Å². The molecule has 0 fully saturated rings. The van der Waals surface area contributed by atoms with E-state index in [9.17, 15) is 18.0 Å². The predicted molar refractivity (Wildman–Crippen MR) is 122 cm³/mol. The summed E-state index contributed by atoms with van der Waals surface area (Å²) in [6.07, 6.45) is 0. The number of para-hydroxylation sites is 1. The van der Waals surface area contributed by atoms with Gasteiger partial charge in [0.1, 0.15) is 0 Å². The maximum absolute atomic E-state index is 12.9. The molecule has 0 radical (unpaired) electrons. The minimum atomic E-state index is -3.99. The number of hydrogen-bond donors (Lipinski definition) is 2. The third-order valence-electron chi connectivity index (χ3n) is 4.74. The van der Waals surface area contributed by atoms with Crippen molar-refractivity contribution in [2.24, 2.45) is 0 Å². The van der Waals surface area contributed by atoms with Gasteiger partial charge in [-0.05, 0) is 55.8 Å². The molecule has 7 nitrogen and oxygen atoms in total. The summed E-state index contributed by atoms with van der Waals surface area (Å²) in [5.74, 6) is -0.934. The second-order valence-electron chi connectivity index (χ2n) is 7.00. The zero-order chi connectivity index (χ0) is 23.1. The monoisotopic (exact) mass is 452 g/mol. The van der Waals surface area contributed by atoms with Gasteiger partial charge < -0.3 is 10.1 Å². The Kier molecular flexibility index (Phi) is 7.27. The highest BCUT2D eigenvalue weighted by Gasteiger charge is 2.20. The lowest BCUT2D eigenvalue weighted by Gasteiger charge is -2.17. The van der Waals surface area contributed by atoms with Crippen LogP contribution in [-0.2, 0) is 14.8 Å². The summed E-state index contributed by atoms with van der Waals surface area (Å²) in [4.78, 5) is 24.6. The van der Waals surface area contributed by atoms with Crippen molar-refractivity contribution < 1.29 is 22.7 Å². The lowest BCUT2D eigenvalue weighted by molar-refractivity contribution is 0.0526. The van der Waals surface area contributed by atoms with Crippen LogP contribution in [0.1, 0.15) is 46.2 Å². The van der Waals surface area contributed by atoms with Crippen molar-refractivity contribution in [1.29, 1.82) is 0 Å². The van der Waals surface area contributed by atoms with E-state index in [-0.39, 0.29) is 34.4 Å². The third-order valence-corrected chi connectivity index (χ3v) is 6.12. The summed E-state index contributed by atoms with van der Waals surface area (Å²) in [5, 5.41) is 2.89. The maximum Gasteiger partial charge on any atom is 0.338 e. The highest BCUT2D eigenvalue weighted by molar-refractivity contribution is 7.92. The minimum Gasteiger partial charge on any atom is -0.462 e. The van der Waals surface area contributed by atoms with Crippen LogP contribution in [0.3, 0.4) is 0 Å². The molecule has 3 aromatic carbocycles. The molecule has 0 aliphatic heterocycles. The van der Waals surface area contributed by atoms with E-state index in [1.165, 1.54) is 30.3 Å². The molecule has 3 rings (SSSR count). The predicted octanol–water partition coefficient (Wildman–Crippen LogP) is 4.16. The van der Waals surface area contributed by atoms with Gasteiger partial charge in [-0.25, -0.2) is 13.2 Å². The number of benzene rings is 3. The van der Waals surface area contributed by atoms with Crippen molar-refractivity contribution in [1.82, 2.24) is 5.32 Å². The van der Waals surface area contributed by atoms with Crippen LogP contribution in [0.25, 0.3) is 0 Å². The number of esters is 1. The summed E-state index contributed by atoms with van der Waals surface area (Å²) in [6.45, 7) is 3.77. The molecule has 0 aromatic heterocycles. The molecule has 166 valence electrons. The Morgan fingerprint density at radius 3 is 2.19 bits per heavy atom. The molecular weight excluding hydrogens is 428 g/mol. The van der Waals surface area contributed by atoms with Crippen molar-refractivity contribution in [3.05, 3.63) is 95.6 Å². The number of ether oxygens (including phenoxy) is 1. The van der Waals surface area contributed by atoms with Gasteiger partial charge in [0.05, 0.1) is 34.4 Å². The van der Waals surface area contributed by atoms with Crippen molar-refractivity contribution >= 4 is 27.6 Å². The molecule has 1 amide bonds. The third kappa shape index (κ3) is 5.53. The molecule has 2 N–H and O–H groups in total. The number of rotatable bonds is 8. The smallest absolute Gasteiger partial charge is 0.338 e. The fraction of sp³-hybridized carbons (Fsp3) is 0.167. The number of hydrogen-bond acceptors (Lipinski definition) is 5. The van der Waals surface area contributed by atoms with E-state index in [1.807, 2.05) is 37.3 Å². The van der Waals surface area contributed by atoms with Gasteiger partial charge in [0.25, 0.3) is 15.9 Å². The van der Waals surface area contributed by atoms with E-state index >= 15 is 0 Å². The quantitative estimate of drug-likeness (QED) is 0.500. The SMILES string of the molecule is CCOC(=O)c1ccc(S(=O)(=O)Nc2ccccc2C(=O)NC(C)c2ccccc2)cc1. The Bertz CT molecular complexity index is 1190. The largest absolute Gasteiger partial charge is 0.462 e. The Morgan fingerprint density at radius 1 is 0.906 bits per heavy atom. The first kappa shape index (κ1) is 23.0. The van der Waals surface area contributed by atoms with E-state index in [0.29, 0.717) is 0 Å². The number of carbonyl (C=O) groups excluding carboxylic acids is 2. The highest BCUT2D eigenvalue weighted by Crippen LogP contribution is 2.22. The number of carbonyl (C=O) groups is 2. The molecule has 0 saturated carbocycles. The van der Waals surface area contributed by atoms with Gasteiger partial charge in [-0.15, -0.1) is 0 Å². The summed E-state index contributed by atoms with van der Waals surface area (Å²) in [7, 11) is -3.99. The second-order valence-corrected chi connectivity index (χ2v) is 8.68. The first-order chi connectivity index (χ1) is 15.3. The standard InChI is InChI=1S/C24H24N2O5S/c1-3-31-24(28)19-13-15-20(16-14-19)32(29,30)26-22-12-8-7-11-21(22)23(27)25-17(2)18-9-5-4-6-10-18/h4-17,26H,3H2,1-2H3,(H,25,27). The molecule has 0 saturated heterocycles.